The Bertz CT molecular complexity index is 534. The Labute approximate surface area is 127 Å². The summed E-state index contributed by atoms with van der Waals surface area (Å²) in [6.07, 6.45) is 7.03. The lowest BCUT2D eigenvalue weighted by Crippen LogP contribution is -2.25. The van der Waals surface area contributed by atoms with Crippen molar-refractivity contribution in [1.29, 1.82) is 0 Å². The molecule has 1 aromatic carbocycles. The molecule has 0 N–H and O–H groups in total. The summed E-state index contributed by atoms with van der Waals surface area (Å²) >= 11 is 0. The van der Waals surface area contributed by atoms with Gasteiger partial charge in [-0.2, -0.15) is 0 Å². The van der Waals surface area contributed by atoms with Crippen LogP contribution in [0.25, 0.3) is 0 Å². The first kappa shape index (κ1) is 15.7. The maximum atomic E-state index is 12.6. The van der Waals surface area contributed by atoms with Crippen molar-refractivity contribution in [3.63, 3.8) is 0 Å². The lowest BCUT2D eigenvalue weighted by Gasteiger charge is -2.22. The van der Waals surface area contributed by atoms with Gasteiger partial charge in [0.05, 0.1) is 18.7 Å². The van der Waals surface area contributed by atoms with E-state index in [4.69, 9.17) is 4.74 Å². The van der Waals surface area contributed by atoms with Crippen LogP contribution in [-0.2, 0) is 0 Å². The molecule has 1 aliphatic rings. The molecule has 0 amide bonds. The second-order valence-electron chi connectivity index (χ2n) is 5.76. The molecule has 2 rings (SSSR count). The van der Waals surface area contributed by atoms with Crippen LogP contribution in [0.5, 0.6) is 5.75 Å². The van der Waals surface area contributed by atoms with E-state index in [1.165, 1.54) is 25.7 Å². The van der Waals surface area contributed by atoms with Gasteiger partial charge in [-0.15, -0.1) is 0 Å². The molecule has 1 heterocycles. The number of aliphatic imine (C=N–C) groups is 1. The highest BCUT2D eigenvalue weighted by Crippen LogP contribution is 2.33. The molecule has 0 aliphatic carbocycles. The van der Waals surface area contributed by atoms with Gasteiger partial charge >= 0.3 is 0 Å². The van der Waals surface area contributed by atoms with Crippen molar-refractivity contribution in [1.82, 2.24) is 0 Å². The highest BCUT2D eigenvalue weighted by atomic mass is 16.5. The lowest BCUT2D eigenvalue weighted by molar-refractivity contribution is 0.0946. The van der Waals surface area contributed by atoms with Gasteiger partial charge in [0.2, 0.25) is 0 Å². The fraction of sp³-hybridized carbons (Fsp3) is 0.556. The van der Waals surface area contributed by atoms with Gasteiger partial charge in [-0.3, -0.25) is 9.79 Å². The Morgan fingerprint density at radius 3 is 2.67 bits per heavy atom. The van der Waals surface area contributed by atoms with Crippen LogP contribution in [0.4, 0.5) is 5.69 Å². The van der Waals surface area contributed by atoms with Crippen LogP contribution in [0, 0.1) is 5.92 Å². The number of ether oxygens (including phenoxy) is 1. The molecule has 21 heavy (non-hydrogen) atoms. The zero-order valence-electron chi connectivity index (χ0n) is 13.3. The number of benzene rings is 1. The molecule has 1 aliphatic heterocycles. The fourth-order valence-electron chi connectivity index (χ4n) is 2.88. The van der Waals surface area contributed by atoms with Gasteiger partial charge in [-0.1, -0.05) is 39.0 Å². The van der Waals surface area contributed by atoms with Gasteiger partial charge in [-0.05, 0) is 25.5 Å². The van der Waals surface area contributed by atoms with Crippen LogP contribution in [0.15, 0.2) is 23.2 Å². The summed E-state index contributed by atoms with van der Waals surface area (Å²) in [5.41, 5.74) is 2.43. The Morgan fingerprint density at radius 1 is 1.19 bits per heavy atom. The second kappa shape index (κ2) is 7.39. The first-order valence-corrected chi connectivity index (χ1v) is 7.94. The normalized spacial score (nSPS) is 17.4. The van der Waals surface area contributed by atoms with Crippen molar-refractivity contribution in [3.8, 4) is 5.75 Å². The highest BCUT2D eigenvalue weighted by molar-refractivity contribution is 6.17. The number of methoxy groups -OCH3 is 1. The number of carbonyl (C=O) groups excluding carboxylic acids is 1. The topological polar surface area (TPSA) is 38.7 Å². The Morgan fingerprint density at radius 2 is 1.95 bits per heavy atom. The average Bonchev–Trinajstić information content (AvgIpc) is 2.49. The van der Waals surface area contributed by atoms with Gasteiger partial charge in [0.15, 0.2) is 5.78 Å². The summed E-state index contributed by atoms with van der Waals surface area (Å²) in [6, 6.07) is 5.52. The van der Waals surface area contributed by atoms with Gasteiger partial charge in [0.1, 0.15) is 5.75 Å². The zero-order valence-corrected chi connectivity index (χ0v) is 13.3. The van der Waals surface area contributed by atoms with Crippen molar-refractivity contribution >= 4 is 17.2 Å². The van der Waals surface area contributed by atoms with Crippen LogP contribution in [0.3, 0.4) is 0 Å². The summed E-state index contributed by atoms with van der Waals surface area (Å²) in [4.78, 5) is 17.2. The van der Waals surface area contributed by atoms with E-state index in [9.17, 15) is 4.79 Å². The predicted molar refractivity (Wildman–Crippen MR) is 87.0 cm³/mol. The number of nitrogens with zero attached hydrogens (tertiary/aromatic N) is 1. The number of ketones is 1. The minimum atomic E-state index is -0.0347. The first-order valence-electron chi connectivity index (χ1n) is 7.94. The Kier molecular flexibility index (Phi) is 5.54. The van der Waals surface area contributed by atoms with Crippen LogP contribution in [0.1, 0.15) is 62.7 Å². The maximum Gasteiger partial charge on any atom is 0.173 e. The standard InChI is InChI=1S/C18H25NO2/c1-4-5-6-7-8-9-15-13(2)19-17-12-14(21-3)10-11-16(17)18(15)20/h10-12,15H,4-9H2,1-3H3. The van der Waals surface area contributed by atoms with E-state index in [-0.39, 0.29) is 11.7 Å². The van der Waals surface area contributed by atoms with Crippen molar-refractivity contribution in [2.75, 3.05) is 7.11 Å². The molecule has 1 aromatic rings. The van der Waals surface area contributed by atoms with Gasteiger partial charge < -0.3 is 4.74 Å². The van der Waals surface area contributed by atoms with Crippen LogP contribution in [0.2, 0.25) is 0 Å². The Balaban J connectivity index is 2.05. The monoisotopic (exact) mass is 287 g/mol. The molecule has 0 aromatic heterocycles. The quantitative estimate of drug-likeness (QED) is 0.665. The van der Waals surface area contributed by atoms with E-state index in [1.807, 2.05) is 25.1 Å². The number of carbonyl (C=O) groups is 1. The predicted octanol–water partition coefficient (Wildman–Crippen LogP) is 4.96. The van der Waals surface area contributed by atoms with Gasteiger partial charge in [0.25, 0.3) is 0 Å². The molecule has 1 atom stereocenters. The van der Waals surface area contributed by atoms with E-state index in [0.29, 0.717) is 0 Å². The maximum absolute atomic E-state index is 12.6. The molecule has 3 heteroatoms. The number of Topliss-reactive ketones (excluding diaryl/α,β-unsaturated/α-hetero) is 1. The van der Waals surface area contributed by atoms with Crippen molar-refractivity contribution < 1.29 is 9.53 Å². The molecular formula is C18H25NO2. The number of unbranched alkanes of at least 4 members (excludes halogenated alkanes) is 4. The average molecular weight is 287 g/mol. The number of hydrogen-bond donors (Lipinski definition) is 0. The van der Waals surface area contributed by atoms with Crippen LogP contribution in [-0.4, -0.2) is 18.6 Å². The summed E-state index contributed by atoms with van der Waals surface area (Å²) < 4.78 is 5.20. The third-order valence-electron chi connectivity index (χ3n) is 4.18. The van der Waals surface area contributed by atoms with Crippen molar-refractivity contribution in [2.24, 2.45) is 10.9 Å². The second-order valence-corrected chi connectivity index (χ2v) is 5.76. The first-order chi connectivity index (χ1) is 10.2. The van der Waals surface area contributed by atoms with E-state index < -0.39 is 0 Å². The van der Waals surface area contributed by atoms with E-state index in [2.05, 4.69) is 11.9 Å². The molecule has 0 fully saturated rings. The molecule has 1 unspecified atom stereocenters. The fourth-order valence-corrected chi connectivity index (χ4v) is 2.88. The van der Waals surface area contributed by atoms with E-state index in [0.717, 1.165) is 35.6 Å². The van der Waals surface area contributed by atoms with Gasteiger partial charge in [0, 0.05) is 17.3 Å². The molecular weight excluding hydrogens is 262 g/mol. The summed E-state index contributed by atoms with van der Waals surface area (Å²) in [6.45, 7) is 4.18. The number of fused-ring (bicyclic) bond motifs is 1. The minimum Gasteiger partial charge on any atom is -0.497 e. The smallest absolute Gasteiger partial charge is 0.173 e. The lowest BCUT2D eigenvalue weighted by atomic mass is 9.86. The summed E-state index contributed by atoms with van der Waals surface area (Å²) in [5, 5.41) is 0. The Hall–Kier alpha value is -1.64. The molecule has 0 bridgehead atoms. The summed E-state index contributed by atoms with van der Waals surface area (Å²) in [5.74, 6) is 0.930. The van der Waals surface area contributed by atoms with Crippen LogP contribution < -0.4 is 4.74 Å². The number of hydrogen-bond acceptors (Lipinski definition) is 3. The van der Waals surface area contributed by atoms with Gasteiger partial charge in [-0.25, -0.2) is 0 Å². The third-order valence-corrected chi connectivity index (χ3v) is 4.18. The van der Waals surface area contributed by atoms with Crippen LogP contribution >= 0.6 is 0 Å². The molecule has 3 nitrogen and oxygen atoms in total. The largest absolute Gasteiger partial charge is 0.497 e. The molecule has 0 spiro atoms. The third kappa shape index (κ3) is 3.72. The van der Waals surface area contributed by atoms with Crippen molar-refractivity contribution in [3.05, 3.63) is 23.8 Å². The van der Waals surface area contributed by atoms with E-state index >= 15 is 0 Å². The molecule has 0 saturated heterocycles. The highest BCUT2D eigenvalue weighted by Gasteiger charge is 2.28. The molecule has 0 radical (unpaired) electrons. The summed E-state index contributed by atoms with van der Waals surface area (Å²) in [7, 11) is 1.63. The number of rotatable bonds is 7. The van der Waals surface area contributed by atoms with E-state index in [1.54, 1.807) is 7.11 Å². The minimum absolute atomic E-state index is 0.0347. The molecule has 114 valence electrons. The molecule has 0 saturated carbocycles. The zero-order chi connectivity index (χ0) is 15.2. The van der Waals surface area contributed by atoms with Crippen molar-refractivity contribution in [2.45, 2.75) is 52.4 Å². The SMILES string of the molecule is CCCCCCCC1C(=O)c2ccc(OC)cc2N=C1C.